The van der Waals surface area contributed by atoms with Gasteiger partial charge in [0.05, 0.1) is 5.69 Å². The Morgan fingerprint density at radius 1 is 1.29 bits per heavy atom. The lowest BCUT2D eigenvalue weighted by molar-refractivity contribution is 0.541. The zero-order valence-corrected chi connectivity index (χ0v) is 13.3. The first kappa shape index (κ1) is 15.7. The molecule has 0 aliphatic rings. The molecule has 0 radical (unpaired) electrons. The third-order valence-electron chi connectivity index (χ3n) is 3.10. The predicted octanol–water partition coefficient (Wildman–Crippen LogP) is 2.94. The van der Waals surface area contributed by atoms with E-state index in [-0.39, 0.29) is 5.43 Å². The van der Waals surface area contributed by atoms with Crippen LogP contribution in [0.2, 0.25) is 5.02 Å². The monoisotopic (exact) mass is 305 g/mol. The van der Waals surface area contributed by atoms with Gasteiger partial charge < -0.3 is 5.32 Å². The molecular weight excluding hydrogens is 286 g/mol. The minimum absolute atomic E-state index is 0.0334. The molecule has 0 spiro atoms. The number of nitrogens with zero attached hydrogens (tertiary/aromatic N) is 2. The van der Waals surface area contributed by atoms with Crippen molar-refractivity contribution in [2.45, 2.75) is 27.3 Å². The molecule has 0 aliphatic heterocycles. The van der Waals surface area contributed by atoms with Gasteiger partial charge in [0, 0.05) is 23.3 Å². The molecule has 5 heteroatoms. The lowest BCUT2D eigenvalue weighted by Crippen LogP contribution is -2.26. The van der Waals surface area contributed by atoms with Crippen LogP contribution in [-0.4, -0.2) is 16.3 Å². The second kappa shape index (κ2) is 6.87. The molecule has 1 N–H and O–H groups in total. The van der Waals surface area contributed by atoms with E-state index in [9.17, 15) is 4.79 Å². The van der Waals surface area contributed by atoms with Gasteiger partial charge in [-0.15, -0.1) is 0 Å². The van der Waals surface area contributed by atoms with Crippen molar-refractivity contribution in [3.05, 3.63) is 57.0 Å². The Labute approximate surface area is 129 Å². The van der Waals surface area contributed by atoms with Crippen LogP contribution in [0.4, 0.5) is 0 Å². The Morgan fingerprint density at radius 2 is 1.95 bits per heavy atom. The van der Waals surface area contributed by atoms with E-state index in [0.29, 0.717) is 23.2 Å². The largest absolute Gasteiger partial charge is 0.311 e. The maximum atomic E-state index is 12.0. The van der Waals surface area contributed by atoms with Crippen LogP contribution in [-0.2, 0) is 6.54 Å². The van der Waals surface area contributed by atoms with Gasteiger partial charge in [-0.25, -0.2) is 4.68 Å². The quantitative estimate of drug-likeness (QED) is 0.924. The fourth-order valence-electron chi connectivity index (χ4n) is 2.03. The topological polar surface area (TPSA) is 46.9 Å². The highest BCUT2D eigenvalue weighted by molar-refractivity contribution is 6.30. The third-order valence-corrected chi connectivity index (χ3v) is 3.35. The summed E-state index contributed by atoms with van der Waals surface area (Å²) in [7, 11) is 0. The van der Waals surface area contributed by atoms with Gasteiger partial charge in [0.25, 0.3) is 0 Å². The van der Waals surface area contributed by atoms with Gasteiger partial charge >= 0.3 is 0 Å². The lowest BCUT2D eigenvalue weighted by atomic mass is 10.2. The van der Waals surface area contributed by atoms with Crippen LogP contribution in [0.25, 0.3) is 5.69 Å². The fraction of sp³-hybridized carbons (Fsp3) is 0.375. The molecule has 4 nitrogen and oxygen atoms in total. The molecule has 0 fully saturated rings. The highest BCUT2D eigenvalue weighted by atomic mass is 35.5. The Morgan fingerprint density at radius 3 is 2.57 bits per heavy atom. The van der Waals surface area contributed by atoms with E-state index in [1.54, 1.807) is 10.7 Å². The van der Waals surface area contributed by atoms with Crippen molar-refractivity contribution in [2.24, 2.45) is 5.92 Å². The van der Waals surface area contributed by atoms with Gasteiger partial charge in [0.2, 0.25) is 5.43 Å². The summed E-state index contributed by atoms with van der Waals surface area (Å²) in [4.78, 5) is 12.0. The minimum Gasteiger partial charge on any atom is -0.311 e. The van der Waals surface area contributed by atoms with Gasteiger partial charge in [-0.1, -0.05) is 25.4 Å². The molecule has 112 valence electrons. The molecule has 0 aliphatic carbocycles. The summed E-state index contributed by atoms with van der Waals surface area (Å²) in [5, 5.41) is 8.40. The molecule has 0 bridgehead atoms. The molecule has 2 rings (SSSR count). The van der Waals surface area contributed by atoms with Crippen molar-refractivity contribution in [1.82, 2.24) is 15.1 Å². The first-order valence-corrected chi connectivity index (χ1v) is 7.41. The number of hydrogen-bond acceptors (Lipinski definition) is 3. The summed E-state index contributed by atoms with van der Waals surface area (Å²) in [5.41, 5.74) is 2.18. The maximum Gasteiger partial charge on any atom is 0.204 e. The van der Waals surface area contributed by atoms with Crippen LogP contribution < -0.4 is 10.7 Å². The predicted molar refractivity (Wildman–Crippen MR) is 86.1 cm³/mol. The Hall–Kier alpha value is -1.65. The zero-order chi connectivity index (χ0) is 15.4. The van der Waals surface area contributed by atoms with Crippen molar-refractivity contribution < 1.29 is 0 Å². The number of aromatic nitrogens is 2. The van der Waals surface area contributed by atoms with Crippen LogP contribution in [0, 0.1) is 12.8 Å². The SMILES string of the molecule is Cc1cc(=O)c(CNCC(C)C)nn1-c1ccc(Cl)cc1. The maximum absolute atomic E-state index is 12.0. The van der Waals surface area contributed by atoms with Gasteiger partial charge in [-0.05, 0) is 43.7 Å². The van der Waals surface area contributed by atoms with E-state index in [1.807, 2.05) is 31.2 Å². The molecular formula is C16H20ClN3O. The number of hydrogen-bond donors (Lipinski definition) is 1. The van der Waals surface area contributed by atoms with Crippen LogP contribution in [0.15, 0.2) is 35.1 Å². The second-order valence-electron chi connectivity index (χ2n) is 5.51. The van der Waals surface area contributed by atoms with Crippen molar-refractivity contribution in [2.75, 3.05) is 6.54 Å². The summed E-state index contributed by atoms with van der Waals surface area (Å²) in [6, 6.07) is 9.02. The van der Waals surface area contributed by atoms with E-state index in [4.69, 9.17) is 11.6 Å². The van der Waals surface area contributed by atoms with Crippen LogP contribution in [0.3, 0.4) is 0 Å². The van der Waals surface area contributed by atoms with Gasteiger partial charge in [-0.3, -0.25) is 4.79 Å². The van der Waals surface area contributed by atoms with E-state index >= 15 is 0 Å². The molecule has 1 aromatic heterocycles. The summed E-state index contributed by atoms with van der Waals surface area (Å²) in [6.45, 7) is 7.46. The van der Waals surface area contributed by atoms with Gasteiger partial charge in [-0.2, -0.15) is 5.10 Å². The first-order chi connectivity index (χ1) is 9.97. The minimum atomic E-state index is -0.0334. The molecule has 0 saturated heterocycles. The Kier molecular flexibility index (Phi) is 5.15. The molecule has 21 heavy (non-hydrogen) atoms. The number of nitrogens with one attached hydrogen (secondary N) is 1. The molecule has 0 atom stereocenters. The average Bonchev–Trinajstić information content (AvgIpc) is 2.42. The van der Waals surface area contributed by atoms with E-state index in [2.05, 4.69) is 24.3 Å². The lowest BCUT2D eigenvalue weighted by Gasteiger charge is -2.12. The molecule has 0 amide bonds. The smallest absolute Gasteiger partial charge is 0.204 e. The van der Waals surface area contributed by atoms with Crippen molar-refractivity contribution in [1.29, 1.82) is 0 Å². The van der Waals surface area contributed by atoms with E-state index in [0.717, 1.165) is 17.9 Å². The normalized spacial score (nSPS) is 11.1. The number of rotatable bonds is 5. The van der Waals surface area contributed by atoms with Gasteiger partial charge in [0.1, 0.15) is 5.69 Å². The summed E-state index contributed by atoms with van der Waals surface area (Å²) in [5.74, 6) is 0.536. The molecule has 0 saturated carbocycles. The van der Waals surface area contributed by atoms with E-state index in [1.165, 1.54) is 0 Å². The zero-order valence-electron chi connectivity index (χ0n) is 12.6. The van der Waals surface area contributed by atoms with Crippen molar-refractivity contribution in [3.8, 4) is 5.69 Å². The van der Waals surface area contributed by atoms with Crippen molar-refractivity contribution in [3.63, 3.8) is 0 Å². The standard InChI is InChI=1S/C16H20ClN3O/c1-11(2)9-18-10-15-16(21)8-12(3)20(19-15)14-6-4-13(17)5-7-14/h4-8,11,18H,9-10H2,1-3H3. The average molecular weight is 306 g/mol. The number of benzene rings is 1. The third kappa shape index (κ3) is 4.16. The first-order valence-electron chi connectivity index (χ1n) is 7.04. The van der Waals surface area contributed by atoms with Gasteiger partial charge in [0.15, 0.2) is 0 Å². The fourth-order valence-corrected chi connectivity index (χ4v) is 2.15. The second-order valence-corrected chi connectivity index (χ2v) is 5.95. The summed E-state index contributed by atoms with van der Waals surface area (Å²) >= 11 is 5.90. The molecule has 2 aromatic rings. The Bertz CT molecular complexity index is 662. The van der Waals surface area contributed by atoms with Crippen LogP contribution in [0.1, 0.15) is 25.2 Å². The number of aryl methyl sites for hydroxylation is 1. The highest BCUT2D eigenvalue weighted by Crippen LogP contribution is 2.13. The molecule has 1 heterocycles. The summed E-state index contributed by atoms with van der Waals surface area (Å²) in [6.07, 6.45) is 0. The van der Waals surface area contributed by atoms with Crippen LogP contribution in [0.5, 0.6) is 0 Å². The van der Waals surface area contributed by atoms with E-state index < -0.39 is 0 Å². The molecule has 0 unspecified atom stereocenters. The Balaban J connectivity index is 2.30. The van der Waals surface area contributed by atoms with Crippen LogP contribution >= 0.6 is 11.6 Å². The molecule has 1 aromatic carbocycles. The summed E-state index contributed by atoms with van der Waals surface area (Å²) < 4.78 is 1.77. The van der Waals surface area contributed by atoms with Crippen molar-refractivity contribution >= 4 is 11.6 Å². The highest BCUT2D eigenvalue weighted by Gasteiger charge is 2.07. The number of halogens is 1.